The van der Waals surface area contributed by atoms with Crippen molar-refractivity contribution >= 4 is 24.4 Å². The van der Waals surface area contributed by atoms with Gasteiger partial charge in [0, 0.05) is 24.7 Å². The van der Waals surface area contributed by atoms with Gasteiger partial charge in [-0.25, -0.2) is 0 Å². The van der Waals surface area contributed by atoms with Crippen molar-refractivity contribution in [2.24, 2.45) is 0 Å². The second kappa shape index (κ2) is 14.0. The number of nitrogens with zero attached hydrogens (tertiary/aromatic N) is 1. The molecule has 0 spiro atoms. The van der Waals surface area contributed by atoms with Crippen molar-refractivity contribution in [3.63, 3.8) is 0 Å². The molecule has 38 heavy (non-hydrogen) atoms. The molecule has 200 valence electrons. The highest BCUT2D eigenvalue weighted by atomic mass is 16.5. The van der Waals surface area contributed by atoms with Crippen molar-refractivity contribution in [1.29, 1.82) is 0 Å². The largest absolute Gasteiger partial charge is 0.383 e. The third-order valence-electron chi connectivity index (χ3n) is 6.03. The molecule has 0 fully saturated rings. The highest BCUT2D eigenvalue weighted by Crippen LogP contribution is 2.10. The van der Waals surface area contributed by atoms with Crippen molar-refractivity contribution in [3.8, 4) is 0 Å². The highest BCUT2D eigenvalue weighted by Gasteiger charge is 2.26. The molecule has 0 unspecified atom stereocenters. The normalized spacial score (nSPS) is 13.2. The fourth-order valence-corrected chi connectivity index (χ4v) is 3.81. The van der Waals surface area contributed by atoms with E-state index < -0.39 is 24.1 Å². The molecule has 2 amide bonds. The van der Waals surface area contributed by atoms with Crippen LogP contribution in [0.25, 0.3) is 0 Å². The monoisotopic (exact) mass is 520 g/mol. The molecule has 3 rings (SSSR count). The fourth-order valence-electron chi connectivity index (χ4n) is 3.81. The van der Waals surface area contributed by atoms with Gasteiger partial charge in [0.15, 0.2) is 12.0 Å². The van der Waals surface area contributed by atoms with E-state index in [0.29, 0.717) is 37.0 Å². The van der Waals surface area contributed by atoms with E-state index in [1.165, 1.54) is 6.07 Å². The molecule has 0 aliphatic rings. The Morgan fingerprint density at radius 3 is 2.47 bits per heavy atom. The summed E-state index contributed by atoms with van der Waals surface area (Å²) >= 11 is 0. The molecule has 1 heterocycles. The summed E-state index contributed by atoms with van der Waals surface area (Å²) in [5, 5.41) is 22.4. The first-order valence-electron chi connectivity index (χ1n) is 12.3. The molecule has 0 bridgehead atoms. The molecule has 0 aliphatic carbocycles. The van der Waals surface area contributed by atoms with Gasteiger partial charge in [-0.2, -0.15) is 0 Å². The van der Waals surface area contributed by atoms with E-state index in [1.807, 2.05) is 37.3 Å². The van der Waals surface area contributed by atoms with Crippen LogP contribution in [0.5, 0.6) is 0 Å². The molecule has 10 heteroatoms. The molecule has 0 radical (unpaired) electrons. The van der Waals surface area contributed by atoms with E-state index in [1.54, 1.807) is 25.1 Å². The Labute approximate surface area is 220 Å². The third kappa shape index (κ3) is 8.46. The van der Waals surface area contributed by atoms with Gasteiger partial charge in [0.25, 0.3) is 5.91 Å². The molecule has 10 nitrogen and oxygen atoms in total. The lowest BCUT2D eigenvalue weighted by atomic mass is 10.0. The van der Waals surface area contributed by atoms with Crippen LogP contribution in [-0.2, 0) is 22.6 Å². The number of rotatable bonds is 14. The number of aromatic nitrogens is 1. The Hall–Kier alpha value is -4.15. The summed E-state index contributed by atoms with van der Waals surface area (Å²) in [6.45, 7) is 3.86. The number of aryl methyl sites for hydroxylation is 3. The van der Waals surface area contributed by atoms with E-state index in [0.717, 1.165) is 23.0 Å². The molecule has 4 N–H and O–H groups in total. The lowest BCUT2D eigenvalue weighted by Crippen LogP contribution is -2.54. The van der Waals surface area contributed by atoms with Crippen molar-refractivity contribution in [3.05, 3.63) is 88.3 Å². The Morgan fingerprint density at radius 2 is 1.82 bits per heavy atom. The van der Waals surface area contributed by atoms with Gasteiger partial charge in [0.05, 0.1) is 12.1 Å². The van der Waals surface area contributed by atoms with E-state index in [4.69, 9.17) is 4.52 Å². The van der Waals surface area contributed by atoms with Crippen LogP contribution in [0.2, 0.25) is 0 Å². The average Bonchev–Trinajstić information content (AvgIpc) is 3.37. The van der Waals surface area contributed by atoms with Crippen LogP contribution in [0.1, 0.15) is 49.7 Å². The highest BCUT2D eigenvalue weighted by molar-refractivity contribution is 5.92. The van der Waals surface area contributed by atoms with Gasteiger partial charge in [-0.15, -0.1) is 0 Å². The van der Waals surface area contributed by atoms with Crippen LogP contribution >= 0.6 is 0 Å². The zero-order valence-electron chi connectivity index (χ0n) is 21.3. The Bertz CT molecular complexity index is 1240. The van der Waals surface area contributed by atoms with Crippen LogP contribution in [-0.4, -0.2) is 59.4 Å². The molecule has 2 aromatic carbocycles. The summed E-state index contributed by atoms with van der Waals surface area (Å²) in [4.78, 5) is 48.1. The van der Waals surface area contributed by atoms with E-state index in [9.17, 15) is 24.3 Å². The smallest absolute Gasteiger partial charge is 0.273 e. The van der Waals surface area contributed by atoms with E-state index in [-0.39, 0.29) is 18.1 Å². The van der Waals surface area contributed by atoms with Crippen molar-refractivity contribution in [2.45, 2.75) is 51.4 Å². The van der Waals surface area contributed by atoms with Gasteiger partial charge in [-0.3, -0.25) is 14.4 Å². The molecule has 0 aliphatic heterocycles. The van der Waals surface area contributed by atoms with Crippen molar-refractivity contribution < 1.29 is 28.8 Å². The predicted molar refractivity (Wildman–Crippen MR) is 140 cm³/mol. The summed E-state index contributed by atoms with van der Waals surface area (Å²) in [7, 11) is 0. The Morgan fingerprint density at radius 1 is 1.05 bits per heavy atom. The number of hydrogen-bond donors (Lipinski definition) is 4. The van der Waals surface area contributed by atoms with Gasteiger partial charge in [0.2, 0.25) is 5.91 Å². The first-order valence-corrected chi connectivity index (χ1v) is 12.3. The number of amides is 2. The van der Waals surface area contributed by atoms with E-state index >= 15 is 0 Å². The van der Waals surface area contributed by atoms with Gasteiger partial charge in [-0.1, -0.05) is 53.2 Å². The zero-order chi connectivity index (χ0) is 27.5. The number of hydrogen-bond acceptors (Lipinski definition) is 8. The molecule has 3 atom stereocenters. The second-order valence-electron chi connectivity index (χ2n) is 9.10. The predicted octanol–water partition coefficient (Wildman–Crippen LogP) is 1.67. The lowest BCUT2D eigenvalue weighted by Gasteiger charge is -2.25. The fraction of sp³-hybridized carbons (Fsp3) is 0.321. The number of aldehydes is 2. The van der Waals surface area contributed by atoms with Gasteiger partial charge in [-0.05, 0) is 43.9 Å². The maximum atomic E-state index is 13.2. The summed E-state index contributed by atoms with van der Waals surface area (Å²) in [5.41, 5.74) is 3.47. The third-order valence-corrected chi connectivity index (χ3v) is 6.03. The molecular weight excluding hydrogens is 488 g/mol. The van der Waals surface area contributed by atoms with Crippen LogP contribution in [0, 0.1) is 13.8 Å². The number of aliphatic hydroxyl groups is 1. The molecule has 3 aromatic rings. The van der Waals surface area contributed by atoms with Gasteiger partial charge >= 0.3 is 0 Å². The first kappa shape index (κ1) is 28.4. The maximum absolute atomic E-state index is 13.2. The summed E-state index contributed by atoms with van der Waals surface area (Å²) in [6.07, 6.45) is 0.418. The van der Waals surface area contributed by atoms with Gasteiger partial charge in [0.1, 0.15) is 18.2 Å². The maximum Gasteiger partial charge on any atom is 0.273 e. The standard InChI is InChI=1S/C28H32N4O6/c1-18-6-8-21(9-7-18)14-30-27(36)23(11-10-20-4-3-5-22(13-20)16-33)29-15-25(26(35)17-34)31-28(37)24-12-19(2)38-32-24/h3-9,12-13,16-17,23,25-26,29,35H,10-11,14-15H2,1-2H3,(H,30,36)(H,31,37)/t23-,25-,26-/m0/s1. The second-order valence-corrected chi connectivity index (χ2v) is 9.10. The average molecular weight is 521 g/mol. The summed E-state index contributed by atoms with van der Waals surface area (Å²) in [6, 6.07) is 14.6. The van der Waals surface area contributed by atoms with Crippen LogP contribution in [0.4, 0.5) is 0 Å². The number of nitrogens with one attached hydrogen (secondary N) is 3. The van der Waals surface area contributed by atoms with E-state index in [2.05, 4.69) is 21.1 Å². The number of carbonyl (C=O) groups excluding carboxylic acids is 4. The Kier molecular flexibility index (Phi) is 10.4. The molecule has 0 saturated carbocycles. The molecule has 0 saturated heterocycles. The minimum absolute atomic E-state index is 0.00745. The number of aliphatic hydroxyl groups excluding tert-OH is 1. The Balaban J connectivity index is 1.69. The minimum Gasteiger partial charge on any atom is -0.383 e. The molecular formula is C28H32N4O6. The summed E-state index contributed by atoms with van der Waals surface area (Å²) < 4.78 is 4.91. The van der Waals surface area contributed by atoms with Gasteiger partial charge < -0.3 is 30.4 Å². The topological polar surface area (TPSA) is 151 Å². The van der Waals surface area contributed by atoms with Crippen LogP contribution in [0.15, 0.2) is 59.1 Å². The zero-order valence-corrected chi connectivity index (χ0v) is 21.3. The SMILES string of the molecule is Cc1ccc(CNC(=O)[C@H](CCc2cccc(C=O)c2)NC[C@H](NC(=O)c2cc(C)on2)[C@@H](O)C=O)cc1. The van der Waals surface area contributed by atoms with Crippen LogP contribution < -0.4 is 16.0 Å². The van der Waals surface area contributed by atoms with Crippen molar-refractivity contribution in [1.82, 2.24) is 21.1 Å². The first-order chi connectivity index (χ1) is 18.3. The van der Waals surface area contributed by atoms with Crippen molar-refractivity contribution in [2.75, 3.05) is 6.54 Å². The minimum atomic E-state index is -1.51. The quantitative estimate of drug-likeness (QED) is 0.234. The van der Waals surface area contributed by atoms with Crippen LogP contribution in [0.3, 0.4) is 0 Å². The molecule has 1 aromatic heterocycles. The summed E-state index contributed by atoms with van der Waals surface area (Å²) in [5.74, 6) is -0.472. The lowest BCUT2D eigenvalue weighted by molar-refractivity contribution is -0.123. The number of benzene rings is 2. The number of carbonyl (C=O) groups is 4.